The lowest BCUT2D eigenvalue weighted by atomic mass is 10.0. The van der Waals surface area contributed by atoms with Crippen LogP contribution in [0.3, 0.4) is 0 Å². The second kappa shape index (κ2) is 11.6. The normalized spacial score (nSPS) is 21.6. The van der Waals surface area contributed by atoms with Gasteiger partial charge in [-0.1, -0.05) is 50.9 Å². The van der Waals surface area contributed by atoms with E-state index < -0.39 is 11.6 Å². The van der Waals surface area contributed by atoms with Gasteiger partial charge in [0.1, 0.15) is 6.61 Å². The number of rotatable bonds is 10. The predicted octanol–water partition coefficient (Wildman–Crippen LogP) is 4.66. The highest BCUT2D eigenvalue weighted by molar-refractivity contribution is 5.26. The summed E-state index contributed by atoms with van der Waals surface area (Å²) in [4.78, 5) is 0. The predicted molar refractivity (Wildman–Crippen MR) is 104 cm³/mol. The highest BCUT2D eigenvalue weighted by atomic mass is 16.7. The minimum Gasteiger partial charge on any atom is -0.354 e. The van der Waals surface area contributed by atoms with Crippen LogP contribution in [0.15, 0.2) is 0 Å². The maximum Gasteiger partial charge on any atom is 0.163 e. The van der Waals surface area contributed by atoms with Crippen LogP contribution in [0.2, 0.25) is 0 Å². The van der Waals surface area contributed by atoms with Crippen molar-refractivity contribution in [2.45, 2.75) is 103 Å². The summed E-state index contributed by atoms with van der Waals surface area (Å²) < 4.78 is 22.7. The molecule has 1 fully saturated rings. The van der Waals surface area contributed by atoms with E-state index in [1.165, 1.54) is 32.1 Å². The van der Waals surface area contributed by atoms with Gasteiger partial charge in [-0.3, -0.25) is 0 Å². The highest BCUT2D eigenvalue weighted by Gasteiger charge is 2.40. The Morgan fingerprint density at radius 3 is 2.31 bits per heavy atom. The van der Waals surface area contributed by atoms with E-state index in [-0.39, 0.29) is 12.2 Å². The molecule has 2 atom stereocenters. The summed E-state index contributed by atoms with van der Waals surface area (Å²) in [6.45, 7) is 10.2. The van der Waals surface area contributed by atoms with Crippen LogP contribution in [-0.4, -0.2) is 37.5 Å². The zero-order valence-electron chi connectivity index (χ0n) is 17.4. The second-order valence-corrected chi connectivity index (χ2v) is 7.62. The third kappa shape index (κ3) is 9.60. The SMILES string of the molecule is CCCCCCCC1OC(C)(C)OC1CC#CC#CCOC(C)(C)OC. The largest absolute Gasteiger partial charge is 0.354 e. The molecule has 1 aliphatic rings. The lowest BCUT2D eigenvalue weighted by Gasteiger charge is -2.21. The molecular formula is C22H36O4. The van der Waals surface area contributed by atoms with Crippen LogP contribution in [0, 0.1) is 23.7 Å². The van der Waals surface area contributed by atoms with Gasteiger partial charge in [-0.05, 0) is 46.0 Å². The molecule has 0 aromatic heterocycles. The first kappa shape index (κ1) is 23.0. The van der Waals surface area contributed by atoms with E-state index in [2.05, 4.69) is 30.6 Å². The summed E-state index contributed by atoms with van der Waals surface area (Å²) in [7, 11) is 1.61. The van der Waals surface area contributed by atoms with Crippen LogP contribution in [0.25, 0.3) is 0 Å². The molecule has 0 aromatic rings. The first-order valence-corrected chi connectivity index (χ1v) is 9.80. The Hall–Kier alpha value is -1.04. The first-order chi connectivity index (χ1) is 12.3. The zero-order valence-corrected chi connectivity index (χ0v) is 17.4. The molecule has 1 aliphatic heterocycles. The lowest BCUT2D eigenvalue weighted by molar-refractivity contribution is -0.188. The van der Waals surface area contributed by atoms with Crippen molar-refractivity contribution in [3.63, 3.8) is 0 Å². The molecule has 0 radical (unpaired) electrons. The third-order valence-corrected chi connectivity index (χ3v) is 4.40. The smallest absolute Gasteiger partial charge is 0.163 e. The molecule has 0 aliphatic carbocycles. The average Bonchev–Trinajstić information content (AvgIpc) is 2.87. The van der Waals surface area contributed by atoms with Crippen LogP contribution < -0.4 is 0 Å². The molecule has 4 nitrogen and oxygen atoms in total. The Labute approximate surface area is 160 Å². The topological polar surface area (TPSA) is 36.9 Å². The molecule has 0 N–H and O–H groups in total. The summed E-state index contributed by atoms with van der Waals surface area (Å²) >= 11 is 0. The Morgan fingerprint density at radius 1 is 0.962 bits per heavy atom. The Kier molecular flexibility index (Phi) is 10.3. The standard InChI is InChI=1S/C22H36O4/c1-7-8-9-10-13-16-19-20(26-22(4,5)25-19)17-14-11-12-15-18-24-21(2,3)23-6/h19-20H,7-10,13,16-18H2,1-6H3. The molecule has 1 heterocycles. The Balaban J connectivity index is 2.39. The van der Waals surface area contributed by atoms with Crippen LogP contribution in [0.1, 0.15) is 79.6 Å². The van der Waals surface area contributed by atoms with E-state index in [4.69, 9.17) is 18.9 Å². The molecule has 0 aromatic carbocycles. The van der Waals surface area contributed by atoms with E-state index in [0.717, 1.165) is 6.42 Å². The van der Waals surface area contributed by atoms with Crippen molar-refractivity contribution in [1.82, 2.24) is 0 Å². The molecule has 2 unspecified atom stereocenters. The summed E-state index contributed by atoms with van der Waals surface area (Å²) in [6.07, 6.45) is 8.14. The first-order valence-electron chi connectivity index (χ1n) is 9.80. The van der Waals surface area contributed by atoms with Gasteiger partial charge < -0.3 is 18.9 Å². The second-order valence-electron chi connectivity index (χ2n) is 7.62. The zero-order chi connectivity index (χ0) is 19.5. The lowest BCUT2D eigenvalue weighted by Crippen LogP contribution is -2.26. The molecule has 1 rings (SSSR count). The van der Waals surface area contributed by atoms with Crippen molar-refractivity contribution in [3.8, 4) is 23.7 Å². The van der Waals surface area contributed by atoms with Crippen LogP contribution in [0.4, 0.5) is 0 Å². The minimum atomic E-state index is -0.618. The third-order valence-electron chi connectivity index (χ3n) is 4.40. The van der Waals surface area contributed by atoms with Crippen molar-refractivity contribution in [2.75, 3.05) is 13.7 Å². The monoisotopic (exact) mass is 364 g/mol. The van der Waals surface area contributed by atoms with Gasteiger partial charge in [0.05, 0.1) is 12.2 Å². The van der Waals surface area contributed by atoms with Crippen LogP contribution in [0.5, 0.6) is 0 Å². The van der Waals surface area contributed by atoms with Gasteiger partial charge in [0, 0.05) is 13.5 Å². The molecule has 0 spiro atoms. The van der Waals surface area contributed by atoms with Crippen molar-refractivity contribution in [2.24, 2.45) is 0 Å². The summed E-state index contributed by atoms with van der Waals surface area (Å²) in [5.41, 5.74) is 0. The van der Waals surface area contributed by atoms with Gasteiger partial charge in [-0.25, -0.2) is 0 Å². The van der Waals surface area contributed by atoms with Crippen molar-refractivity contribution >= 4 is 0 Å². The number of hydrogen-bond acceptors (Lipinski definition) is 4. The molecule has 26 heavy (non-hydrogen) atoms. The molecule has 0 amide bonds. The number of methoxy groups -OCH3 is 1. The minimum absolute atomic E-state index is 0.0224. The molecule has 148 valence electrons. The molecule has 4 heteroatoms. The number of unbranched alkanes of at least 4 members (excludes halogenated alkanes) is 4. The van der Waals surface area contributed by atoms with Gasteiger partial charge >= 0.3 is 0 Å². The van der Waals surface area contributed by atoms with Crippen LogP contribution >= 0.6 is 0 Å². The van der Waals surface area contributed by atoms with Gasteiger partial charge in [0.25, 0.3) is 0 Å². The molecule has 0 saturated carbocycles. The summed E-state index contributed by atoms with van der Waals surface area (Å²) in [5, 5.41) is 0. The van der Waals surface area contributed by atoms with Crippen LogP contribution in [-0.2, 0) is 18.9 Å². The maximum atomic E-state index is 6.05. The molecule has 0 bridgehead atoms. The van der Waals surface area contributed by atoms with Gasteiger partial charge in [0.2, 0.25) is 0 Å². The van der Waals surface area contributed by atoms with E-state index in [9.17, 15) is 0 Å². The highest BCUT2D eigenvalue weighted by Crippen LogP contribution is 2.32. The van der Waals surface area contributed by atoms with Crippen molar-refractivity contribution in [3.05, 3.63) is 0 Å². The quantitative estimate of drug-likeness (QED) is 0.321. The molecule has 1 saturated heterocycles. The fraction of sp³-hybridized carbons (Fsp3) is 0.818. The van der Waals surface area contributed by atoms with Crippen molar-refractivity contribution < 1.29 is 18.9 Å². The number of ether oxygens (including phenoxy) is 4. The van der Waals surface area contributed by atoms with E-state index in [1.807, 2.05) is 27.7 Å². The summed E-state index contributed by atoms with van der Waals surface area (Å²) in [5.74, 6) is 10.5. The van der Waals surface area contributed by atoms with E-state index >= 15 is 0 Å². The number of hydrogen-bond donors (Lipinski definition) is 0. The fourth-order valence-electron chi connectivity index (χ4n) is 2.82. The average molecular weight is 365 g/mol. The summed E-state index contributed by atoms with van der Waals surface area (Å²) in [6, 6.07) is 0. The Bertz CT molecular complexity index is 516. The van der Waals surface area contributed by atoms with Crippen molar-refractivity contribution in [1.29, 1.82) is 0 Å². The molecular weight excluding hydrogens is 328 g/mol. The van der Waals surface area contributed by atoms with E-state index in [0.29, 0.717) is 13.0 Å². The van der Waals surface area contributed by atoms with Gasteiger partial charge in [0.15, 0.2) is 11.6 Å². The van der Waals surface area contributed by atoms with E-state index in [1.54, 1.807) is 7.11 Å². The Morgan fingerprint density at radius 2 is 1.62 bits per heavy atom. The fourth-order valence-corrected chi connectivity index (χ4v) is 2.82. The van der Waals surface area contributed by atoms with Gasteiger partial charge in [-0.2, -0.15) is 0 Å². The maximum absolute atomic E-state index is 6.05. The van der Waals surface area contributed by atoms with Gasteiger partial charge in [-0.15, -0.1) is 0 Å².